The van der Waals surface area contributed by atoms with Crippen LogP contribution < -0.4 is 5.32 Å². The maximum atomic E-state index is 12.2. The fourth-order valence-corrected chi connectivity index (χ4v) is 3.45. The van der Waals surface area contributed by atoms with Gasteiger partial charge in [-0.05, 0) is 36.0 Å². The quantitative estimate of drug-likeness (QED) is 0.892. The normalized spacial score (nSPS) is 18.3. The maximum absolute atomic E-state index is 12.2. The highest BCUT2D eigenvalue weighted by molar-refractivity contribution is 5.94. The van der Waals surface area contributed by atoms with Gasteiger partial charge in [-0.3, -0.25) is 4.79 Å². The maximum Gasteiger partial charge on any atom is 0.251 e. The van der Waals surface area contributed by atoms with Crippen LogP contribution in [-0.4, -0.2) is 19.6 Å². The van der Waals surface area contributed by atoms with E-state index in [1.165, 1.54) is 11.1 Å². The lowest BCUT2D eigenvalue weighted by Crippen LogP contribution is -2.26. The van der Waals surface area contributed by atoms with Crippen molar-refractivity contribution in [3.05, 3.63) is 70.9 Å². The molecule has 2 aliphatic rings. The van der Waals surface area contributed by atoms with Crippen LogP contribution >= 0.6 is 0 Å². The first-order valence-corrected chi connectivity index (χ1v) is 8.19. The molecule has 0 aromatic heterocycles. The molecule has 0 saturated carbocycles. The van der Waals surface area contributed by atoms with Crippen molar-refractivity contribution in [1.29, 1.82) is 0 Å². The predicted molar refractivity (Wildman–Crippen MR) is 93.1 cm³/mol. The molecule has 0 atom stereocenters. The second-order valence-corrected chi connectivity index (χ2v) is 6.75. The molecule has 4 heteroatoms. The summed E-state index contributed by atoms with van der Waals surface area (Å²) in [7, 11) is 1.66. The predicted octanol–water partition coefficient (Wildman–Crippen LogP) is 3.93. The number of benzene rings is 1. The summed E-state index contributed by atoms with van der Waals surface area (Å²) in [6.07, 6.45) is 5.15. The number of carbonyl (C=O) groups is 1. The summed E-state index contributed by atoms with van der Waals surface area (Å²) in [6.45, 7) is 5.04. The summed E-state index contributed by atoms with van der Waals surface area (Å²) < 4.78 is 10.9. The van der Waals surface area contributed by atoms with Crippen molar-refractivity contribution in [1.82, 2.24) is 5.32 Å². The third-order valence-electron chi connectivity index (χ3n) is 4.62. The van der Waals surface area contributed by atoms with Gasteiger partial charge in [0.1, 0.15) is 6.26 Å². The number of carbonyl (C=O) groups excluding carboxylic acids is 1. The minimum Gasteiger partial charge on any atom is -0.493 e. The van der Waals surface area contributed by atoms with Gasteiger partial charge in [-0.25, -0.2) is 0 Å². The molecule has 1 amide bonds. The highest BCUT2D eigenvalue weighted by Gasteiger charge is 2.38. The molecule has 1 N–H and O–H groups in total. The van der Waals surface area contributed by atoms with Crippen molar-refractivity contribution in [2.45, 2.75) is 26.7 Å². The standard InChI is InChI=1S/C20H23NO3/c1-20(2)11-15-12-24-13-17(23-3)18(15)16(20)9-10-21-19(22)14-7-5-4-6-8-14/h4-8,12-13H,9-11H2,1-3H3,(H,21,22). The van der Waals surface area contributed by atoms with E-state index < -0.39 is 0 Å². The zero-order chi connectivity index (χ0) is 17.2. The molecule has 0 saturated heterocycles. The lowest BCUT2D eigenvalue weighted by atomic mass is 9.83. The Morgan fingerprint density at radius 3 is 2.71 bits per heavy atom. The number of allylic oxidation sites excluding steroid dienone is 1. The van der Waals surface area contributed by atoms with Gasteiger partial charge in [0.25, 0.3) is 5.91 Å². The molecule has 4 nitrogen and oxygen atoms in total. The molecule has 1 aromatic rings. The molecule has 126 valence electrons. The molecule has 0 radical (unpaired) electrons. The Morgan fingerprint density at radius 1 is 1.25 bits per heavy atom. The number of hydrogen-bond acceptors (Lipinski definition) is 3. The molecular weight excluding hydrogens is 302 g/mol. The second kappa shape index (κ2) is 6.56. The van der Waals surface area contributed by atoms with E-state index in [1.807, 2.05) is 30.3 Å². The second-order valence-electron chi connectivity index (χ2n) is 6.75. The summed E-state index contributed by atoms with van der Waals surface area (Å²) in [5.41, 5.74) is 4.33. The lowest BCUT2D eigenvalue weighted by molar-refractivity contribution is 0.0953. The van der Waals surface area contributed by atoms with Crippen LogP contribution in [0.15, 0.2) is 65.3 Å². The summed E-state index contributed by atoms with van der Waals surface area (Å²) in [5, 5.41) is 3.01. The minimum atomic E-state index is -0.0396. The van der Waals surface area contributed by atoms with Gasteiger partial charge in [-0.15, -0.1) is 0 Å². The molecule has 3 rings (SSSR count). The van der Waals surface area contributed by atoms with Crippen LogP contribution in [-0.2, 0) is 9.47 Å². The van der Waals surface area contributed by atoms with Crippen molar-refractivity contribution in [2.24, 2.45) is 5.41 Å². The molecule has 1 heterocycles. The molecule has 0 bridgehead atoms. The van der Waals surface area contributed by atoms with E-state index in [0.29, 0.717) is 12.1 Å². The summed E-state index contributed by atoms with van der Waals surface area (Å²) in [4.78, 5) is 12.2. The SMILES string of the molecule is COC1=COC=C2CC(C)(C)C(CCNC(=O)c3ccccc3)=C21. The van der Waals surface area contributed by atoms with Gasteiger partial charge in [0.05, 0.1) is 13.4 Å². The average Bonchev–Trinajstić information content (AvgIpc) is 2.85. The van der Waals surface area contributed by atoms with Gasteiger partial charge in [-0.2, -0.15) is 0 Å². The fourth-order valence-electron chi connectivity index (χ4n) is 3.45. The number of rotatable bonds is 5. The third kappa shape index (κ3) is 3.09. The number of fused-ring (bicyclic) bond motifs is 1. The molecule has 1 aromatic carbocycles. The monoisotopic (exact) mass is 325 g/mol. The Morgan fingerprint density at radius 2 is 2.00 bits per heavy atom. The first-order valence-electron chi connectivity index (χ1n) is 8.19. The molecule has 0 fully saturated rings. The number of ether oxygens (including phenoxy) is 2. The van der Waals surface area contributed by atoms with Gasteiger partial charge in [0.2, 0.25) is 0 Å². The summed E-state index contributed by atoms with van der Waals surface area (Å²) >= 11 is 0. The van der Waals surface area contributed by atoms with Crippen LogP contribution in [0.5, 0.6) is 0 Å². The Hall–Kier alpha value is -2.49. The van der Waals surface area contributed by atoms with Gasteiger partial charge in [0, 0.05) is 17.7 Å². The molecule has 1 aliphatic heterocycles. The van der Waals surface area contributed by atoms with E-state index in [9.17, 15) is 4.79 Å². The Bertz CT molecular complexity index is 727. The Kier molecular flexibility index (Phi) is 4.47. The molecular formula is C20H23NO3. The van der Waals surface area contributed by atoms with E-state index in [4.69, 9.17) is 9.47 Å². The van der Waals surface area contributed by atoms with Crippen molar-refractivity contribution >= 4 is 5.91 Å². The summed E-state index contributed by atoms with van der Waals surface area (Å²) in [5.74, 6) is 0.727. The Labute approximate surface area is 142 Å². The average molecular weight is 325 g/mol. The van der Waals surface area contributed by atoms with Crippen LogP contribution in [0.2, 0.25) is 0 Å². The van der Waals surface area contributed by atoms with Crippen molar-refractivity contribution in [3.63, 3.8) is 0 Å². The smallest absolute Gasteiger partial charge is 0.251 e. The van der Waals surface area contributed by atoms with Crippen molar-refractivity contribution in [2.75, 3.05) is 13.7 Å². The van der Waals surface area contributed by atoms with E-state index >= 15 is 0 Å². The number of nitrogens with one attached hydrogen (secondary N) is 1. The van der Waals surface area contributed by atoms with E-state index in [-0.39, 0.29) is 11.3 Å². The Balaban J connectivity index is 1.73. The van der Waals surface area contributed by atoms with Crippen LogP contribution in [0.1, 0.15) is 37.0 Å². The van der Waals surface area contributed by atoms with Gasteiger partial charge in [0.15, 0.2) is 5.76 Å². The van der Waals surface area contributed by atoms with E-state index in [0.717, 1.165) is 24.2 Å². The van der Waals surface area contributed by atoms with Crippen molar-refractivity contribution in [3.8, 4) is 0 Å². The number of amides is 1. The first kappa shape index (κ1) is 16.4. The zero-order valence-corrected chi connectivity index (χ0v) is 14.4. The molecule has 0 unspecified atom stereocenters. The highest BCUT2D eigenvalue weighted by atomic mass is 16.5. The third-order valence-corrected chi connectivity index (χ3v) is 4.62. The van der Waals surface area contributed by atoms with Crippen LogP contribution in [0, 0.1) is 5.41 Å². The summed E-state index contributed by atoms with van der Waals surface area (Å²) in [6, 6.07) is 9.29. The molecule has 24 heavy (non-hydrogen) atoms. The van der Waals surface area contributed by atoms with E-state index in [1.54, 1.807) is 19.6 Å². The lowest BCUT2D eigenvalue weighted by Gasteiger charge is -2.23. The van der Waals surface area contributed by atoms with Crippen LogP contribution in [0.3, 0.4) is 0 Å². The van der Waals surface area contributed by atoms with Crippen molar-refractivity contribution < 1.29 is 14.3 Å². The number of methoxy groups -OCH3 is 1. The topological polar surface area (TPSA) is 47.6 Å². The van der Waals surface area contributed by atoms with Crippen LogP contribution in [0.25, 0.3) is 0 Å². The van der Waals surface area contributed by atoms with Gasteiger partial charge in [-0.1, -0.05) is 37.6 Å². The molecule has 1 aliphatic carbocycles. The number of hydrogen-bond donors (Lipinski definition) is 1. The molecule has 0 spiro atoms. The van der Waals surface area contributed by atoms with Gasteiger partial charge < -0.3 is 14.8 Å². The van der Waals surface area contributed by atoms with E-state index in [2.05, 4.69) is 19.2 Å². The fraction of sp³-hybridized carbons (Fsp3) is 0.350. The largest absolute Gasteiger partial charge is 0.493 e. The zero-order valence-electron chi connectivity index (χ0n) is 14.4. The van der Waals surface area contributed by atoms with Crippen LogP contribution in [0.4, 0.5) is 0 Å². The minimum absolute atomic E-state index is 0.0317. The first-order chi connectivity index (χ1) is 11.5. The highest BCUT2D eigenvalue weighted by Crippen LogP contribution is 2.50. The van der Waals surface area contributed by atoms with Gasteiger partial charge >= 0.3 is 0 Å².